The lowest BCUT2D eigenvalue weighted by Crippen LogP contribution is -2.20. The summed E-state index contributed by atoms with van der Waals surface area (Å²) >= 11 is 0. The van der Waals surface area contributed by atoms with Crippen LogP contribution in [0.4, 0.5) is 5.69 Å². The quantitative estimate of drug-likeness (QED) is 0.844. The van der Waals surface area contributed by atoms with Gasteiger partial charge < -0.3 is 19.5 Å². The van der Waals surface area contributed by atoms with Crippen molar-refractivity contribution in [2.45, 2.75) is 38.1 Å². The first-order chi connectivity index (χ1) is 9.17. The maximum Gasteiger partial charge on any atom is 0.221 e. The maximum atomic E-state index is 11.2. The van der Waals surface area contributed by atoms with Crippen LogP contribution >= 0.6 is 0 Å². The first-order valence-corrected chi connectivity index (χ1v) is 6.45. The van der Waals surface area contributed by atoms with Crippen molar-refractivity contribution >= 4 is 11.6 Å². The van der Waals surface area contributed by atoms with Gasteiger partial charge in [-0.25, -0.2) is 0 Å². The van der Waals surface area contributed by atoms with Crippen LogP contribution in [0, 0.1) is 0 Å². The first kappa shape index (κ1) is 12.3. The zero-order valence-electron chi connectivity index (χ0n) is 11.0. The van der Waals surface area contributed by atoms with Crippen LogP contribution in [0.5, 0.6) is 11.5 Å². The molecular formula is C14H17NO4. The van der Waals surface area contributed by atoms with Crippen molar-refractivity contribution in [2.24, 2.45) is 0 Å². The number of ether oxygens (including phenoxy) is 3. The van der Waals surface area contributed by atoms with Gasteiger partial charge in [-0.3, -0.25) is 4.79 Å². The van der Waals surface area contributed by atoms with Gasteiger partial charge in [-0.05, 0) is 25.0 Å². The molecule has 1 N–H and O–H groups in total. The normalized spacial score (nSPS) is 27.6. The zero-order chi connectivity index (χ0) is 13.4. The molecule has 0 aromatic heterocycles. The molecule has 1 aliphatic heterocycles. The van der Waals surface area contributed by atoms with Crippen LogP contribution in [0.1, 0.15) is 19.8 Å². The molecule has 0 radical (unpaired) electrons. The Kier molecular flexibility index (Phi) is 3.06. The molecule has 102 valence electrons. The van der Waals surface area contributed by atoms with Crippen molar-refractivity contribution in [3.8, 4) is 11.5 Å². The fraction of sp³-hybridized carbons (Fsp3) is 0.500. The number of anilines is 1. The van der Waals surface area contributed by atoms with Gasteiger partial charge in [-0.15, -0.1) is 0 Å². The molecule has 2 fully saturated rings. The molecule has 3 atom stereocenters. The molecule has 0 bridgehead atoms. The molecular weight excluding hydrogens is 246 g/mol. The molecule has 1 aromatic rings. The van der Waals surface area contributed by atoms with Gasteiger partial charge in [0.15, 0.2) is 0 Å². The summed E-state index contributed by atoms with van der Waals surface area (Å²) in [5.74, 6) is 1.22. The van der Waals surface area contributed by atoms with Crippen molar-refractivity contribution in [1.82, 2.24) is 0 Å². The van der Waals surface area contributed by atoms with Gasteiger partial charge in [-0.2, -0.15) is 0 Å². The molecule has 2 aliphatic rings. The Hall–Kier alpha value is -1.75. The van der Waals surface area contributed by atoms with Crippen LogP contribution in [0.15, 0.2) is 18.2 Å². The van der Waals surface area contributed by atoms with Gasteiger partial charge in [0, 0.05) is 13.0 Å². The largest absolute Gasteiger partial charge is 0.497 e. The van der Waals surface area contributed by atoms with Gasteiger partial charge in [0.05, 0.1) is 18.9 Å². The number of fused-ring (bicyclic) bond motifs is 1. The molecule has 5 heteroatoms. The van der Waals surface area contributed by atoms with Gasteiger partial charge >= 0.3 is 0 Å². The molecule has 1 aromatic carbocycles. The summed E-state index contributed by atoms with van der Waals surface area (Å²) in [7, 11) is 1.60. The first-order valence-electron chi connectivity index (χ1n) is 6.45. The van der Waals surface area contributed by atoms with Crippen LogP contribution in [0.2, 0.25) is 0 Å². The van der Waals surface area contributed by atoms with Crippen LogP contribution < -0.4 is 14.8 Å². The molecule has 1 aliphatic carbocycles. The highest BCUT2D eigenvalue weighted by Crippen LogP contribution is 2.42. The van der Waals surface area contributed by atoms with E-state index in [1.165, 1.54) is 6.92 Å². The topological polar surface area (TPSA) is 60.1 Å². The Morgan fingerprint density at radius 2 is 2.26 bits per heavy atom. The zero-order valence-corrected chi connectivity index (χ0v) is 11.0. The number of epoxide rings is 1. The van der Waals surface area contributed by atoms with Crippen LogP contribution in [0.25, 0.3) is 0 Å². The van der Waals surface area contributed by atoms with Crippen molar-refractivity contribution < 1.29 is 19.0 Å². The second kappa shape index (κ2) is 4.74. The second-order valence-electron chi connectivity index (χ2n) is 4.92. The molecule has 1 heterocycles. The van der Waals surface area contributed by atoms with E-state index in [1.807, 2.05) is 0 Å². The van der Waals surface area contributed by atoms with E-state index in [2.05, 4.69) is 5.32 Å². The summed E-state index contributed by atoms with van der Waals surface area (Å²) in [6, 6.07) is 5.37. The smallest absolute Gasteiger partial charge is 0.221 e. The standard InChI is InChI=1S/C14H17NO4/c1-8(16)15-10-4-3-9(17-2)7-13(10)18-11-5-6-12-14(11)19-12/h3-4,7,11-12,14H,5-6H2,1-2H3,(H,15,16)/t11-,12?,14-/m0/s1. The summed E-state index contributed by atoms with van der Waals surface area (Å²) in [5, 5.41) is 2.77. The third kappa shape index (κ3) is 2.51. The Morgan fingerprint density at radius 3 is 2.84 bits per heavy atom. The van der Waals surface area contributed by atoms with Crippen molar-refractivity contribution in [3.05, 3.63) is 18.2 Å². The van der Waals surface area contributed by atoms with Crippen LogP contribution in [0.3, 0.4) is 0 Å². The lowest BCUT2D eigenvalue weighted by Gasteiger charge is -2.18. The van der Waals surface area contributed by atoms with E-state index in [0.29, 0.717) is 23.3 Å². The predicted molar refractivity (Wildman–Crippen MR) is 69.6 cm³/mol. The summed E-state index contributed by atoms with van der Waals surface area (Å²) < 4.78 is 16.6. The van der Waals surface area contributed by atoms with E-state index in [-0.39, 0.29) is 18.1 Å². The van der Waals surface area contributed by atoms with E-state index in [1.54, 1.807) is 25.3 Å². The average Bonchev–Trinajstić information content (AvgIpc) is 3.07. The third-order valence-electron chi connectivity index (χ3n) is 3.50. The second-order valence-corrected chi connectivity index (χ2v) is 4.92. The van der Waals surface area contributed by atoms with Gasteiger partial charge in [0.2, 0.25) is 5.91 Å². The number of methoxy groups -OCH3 is 1. The fourth-order valence-electron chi connectivity index (χ4n) is 2.52. The Morgan fingerprint density at radius 1 is 1.42 bits per heavy atom. The van der Waals surface area contributed by atoms with E-state index < -0.39 is 0 Å². The van der Waals surface area contributed by atoms with E-state index >= 15 is 0 Å². The molecule has 1 saturated carbocycles. The average molecular weight is 263 g/mol. The highest BCUT2D eigenvalue weighted by atomic mass is 16.6. The highest BCUT2D eigenvalue weighted by molar-refractivity contribution is 5.90. The minimum absolute atomic E-state index is 0.0737. The lowest BCUT2D eigenvalue weighted by molar-refractivity contribution is -0.114. The lowest BCUT2D eigenvalue weighted by atomic mass is 10.2. The van der Waals surface area contributed by atoms with Crippen LogP contribution in [-0.2, 0) is 9.53 Å². The number of amides is 1. The monoisotopic (exact) mass is 263 g/mol. The van der Waals surface area contributed by atoms with Crippen molar-refractivity contribution in [2.75, 3.05) is 12.4 Å². The third-order valence-corrected chi connectivity index (χ3v) is 3.50. The minimum atomic E-state index is -0.123. The van der Waals surface area contributed by atoms with E-state index in [0.717, 1.165) is 12.8 Å². The Balaban J connectivity index is 1.81. The maximum absolute atomic E-state index is 11.2. The van der Waals surface area contributed by atoms with Crippen molar-refractivity contribution in [1.29, 1.82) is 0 Å². The van der Waals surface area contributed by atoms with Gasteiger partial charge in [-0.1, -0.05) is 0 Å². The number of carbonyl (C=O) groups excluding carboxylic acids is 1. The SMILES string of the molecule is COc1ccc(NC(C)=O)c(O[C@H]2CCC3O[C@H]32)c1. The predicted octanol–water partition coefficient (Wildman–Crippen LogP) is 1.96. The van der Waals surface area contributed by atoms with Gasteiger partial charge in [0.1, 0.15) is 23.7 Å². The summed E-state index contributed by atoms with van der Waals surface area (Å²) in [6.45, 7) is 1.48. The minimum Gasteiger partial charge on any atom is -0.497 e. The highest BCUT2D eigenvalue weighted by Gasteiger charge is 2.51. The molecule has 0 spiro atoms. The Bertz CT molecular complexity index is 502. The van der Waals surface area contributed by atoms with Crippen LogP contribution in [-0.4, -0.2) is 31.3 Å². The molecule has 1 unspecified atom stereocenters. The van der Waals surface area contributed by atoms with Crippen molar-refractivity contribution in [3.63, 3.8) is 0 Å². The summed E-state index contributed by atoms with van der Waals surface area (Å²) in [6.07, 6.45) is 2.71. The Labute approximate surface area is 111 Å². The molecule has 19 heavy (non-hydrogen) atoms. The van der Waals surface area contributed by atoms with E-state index in [9.17, 15) is 4.79 Å². The molecule has 5 nitrogen and oxygen atoms in total. The number of nitrogens with one attached hydrogen (secondary N) is 1. The number of rotatable bonds is 4. The van der Waals surface area contributed by atoms with E-state index in [4.69, 9.17) is 14.2 Å². The summed E-state index contributed by atoms with van der Waals surface area (Å²) in [5.41, 5.74) is 0.664. The number of carbonyl (C=O) groups is 1. The number of benzene rings is 1. The number of hydrogen-bond donors (Lipinski definition) is 1. The molecule has 1 amide bonds. The fourth-order valence-corrected chi connectivity index (χ4v) is 2.52. The summed E-state index contributed by atoms with van der Waals surface area (Å²) in [4.78, 5) is 11.2. The molecule has 1 saturated heterocycles. The number of hydrogen-bond acceptors (Lipinski definition) is 4. The molecule has 3 rings (SSSR count). The van der Waals surface area contributed by atoms with Gasteiger partial charge in [0.25, 0.3) is 0 Å².